The summed E-state index contributed by atoms with van der Waals surface area (Å²) in [5.74, 6) is 0.187. The summed E-state index contributed by atoms with van der Waals surface area (Å²) in [6.07, 6.45) is 6.82. The van der Waals surface area contributed by atoms with Crippen LogP contribution < -0.4 is 5.32 Å². The molecule has 1 N–H and O–H groups in total. The van der Waals surface area contributed by atoms with Crippen LogP contribution in [-0.4, -0.2) is 36.5 Å². The molecule has 6 heteroatoms. The van der Waals surface area contributed by atoms with Crippen LogP contribution in [0.2, 0.25) is 0 Å². The third-order valence-corrected chi connectivity index (χ3v) is 2.66. The minimum Gasteiger partial charge on any atom is -0.462 e. The van der Waals surface area contributed by atoms with Crippen LogP contribution in [0.25, 0.3) is 0 Å². The Morgan fingerprint density at radius 1 is 1.74 bits per heavy atom. The highest BCUT2D eigenvalue weighted by atomic mass is 16.5. The summed E-state index contributed by atoms with van der Waals surface area (Å²) in [4.78, 5) is 17.7. The molecule has 19 heavy (non-hydrogen) atoms. The number of nitriles is 1. The average molecular weight is 258 g/mol. The molecule has 2 aliphatic rings. The fraction of sp³-hybridized carbons (Fsp3) is 0.308. The molecular weight excluding hydrogens is 244 g/mol. The van der Waals surface area contributed by atoms with E-state index in [1.54, 1.807) is 19.2 Å². The number of aliphatic imine (C=N–C) groups is 1. The van der Waals surface area contributed by atoms with Gasteiger partial charge in [0, 0.05) is 18.4 Å². The topological polar surface area (TPSA) is 77.7 Å². The first-order valence-corrected chi connectivity index (χ1v) is 6.00. The number of fused-ring (bicyclic) bond motifs is 1. The first-order chi connectivity index (χ1) is 9.26. The van der Waals surface area contributed by atoms with Gasteiger partial charge in [-0.05, 0) is 25.2 Å². The van der Waals surface area contributed by atoms with Gasteiger partial charge in [-0.25, -0.2) is 4.79 Å². The highest BCUT2D eigenvalue weighted by Crippen LogP contribution is 2.15. The first kappa shape index (κ1) is 12.9. The van der Waals surface area contributed by atoms with Gasteiger partial charge in [0.1, 0.15) is 11.6 Å². The molecule has 0 aromatic rings. The number of nitrogens with zero attached hydrogens (tertiary/aromatic N) is 3. The Hall–Kier alpha value is -2.55. The van der Waals surface area contributed by atoms with Crippen molar-refractivity contribution < 1.29 is 9.53 Å². The van der Waals surface area contributed by atoms with Crippen molar-refractivity contribution in [2.45, 2.75) is 6.92 Å². The molecule has 98 valence electrons. The zero-order valence-electron chi connectivity index (χ0n) is 10.6. The van der Waals surface area contributed by atoms with Crippen LogP contribution in [0, 0.1) is 11.3 Å². The Kier molecular flexibility index (Phi) is 3.98. The van der Waals surface area contributed by atoms with E-state index in [0.717, 1.165) is 24.7 Å². The maximum atomic E-state index is 11.5. The molecule has 0 atom stereocenters. The van der Waals surface area contributed by atoms with E-state index in [9.17, 15) is 4.79 Å². The molecule has 0 saturated heterocycles. The summed E-state index contributed by atoms with van der Waals surface area (Å²) in [5.41, 5.74) is 0.867. The smallest absolute Gasteiger partial charge is 0.348 e. The van der Waals surface area contributed by atoms with Gasteiger partial charge in [-0.1, -0.05) is 0 Å². The molecule has 0 radical (unpaired) electrons. The van der Waals surface area contributed by atoms with Crippen LogP contribution in [0.5, 0.6) is 0 Å². The number of hydrogen-bond donors (Lipinski definition) is 1. The summed E-state index contributed by atoms with van der Waals surface area (Å²) in [6, 6.07) is 1.84. The summed E-state index contributed by atoms with van der Waals surface area (Å²) >= 11 is 0. The second-order valence-electron chi connectivity index (χ2n) is 3.84. The van der Waals surface area contributed by atoms with E-state index in [0.29, 0.717) is 0 Å². The van der Waals surface area contributed by atoms with Crippen molar-refractivity contribution in [1.82, 2.24) is 10.2 Å². The average Bonchev–Trinajstić information content (AvgIpc) is 2.88. The molecule has 0 bridgehead atoms. The van der Waals surface area contributed by atoms with Gasteiger partial charge in [0.2, 0.25) is 5.96 Å². The van der Waals surface area contributed by atoms with Crippen molar-refractivity contribution in [3.63, 3.8) is 0 Å². The summed E-state index contributed by atoms with van der Waals surface area (Å²) in [6.45, 7) is 3.47. The predicted molar refractivity (Wildman–Crippen MR) is 69.7 cm³/mol. The number of ether oxygens (including phenoxy) is 1. The fourth-order valence-corrected chi connectivity index (χ4v) is 1.79. The molecule has 2 aliphatic heterocycles. The third-order valence-electron chi connectivity index (χ3n) is 2.66. The lowest BCUT2D eigenvalue weighted by Crippen LogP contribution is -2.37. The lowest BCUT2D eigenvalue weighted by molar-refractivity contribution is -0.138. The zero-order valence-corrected chi connectivity index (χ0v) is 10.6. The van der Waals surface area contributed by atoms with Crippen LogP contribution in [0.4, 0.5) is 0 Å². The van der Waals surface area contributed by atoms with Crippen molar-refractivity contribution in [2.24, 2.45) is 4.99 Å². The Bertz CT molecular complexity index is 537. The highest BCUT2D eigenvalue weighted by molar-refractivity contribution is 5.93. The number of allylic oxidation sites excluding steroid dienone is 3. The molecule has 0 saturated carbocycles. The van der Waals surface area contributed by atoms with E-state index in [1.165, 1.54) is 6.08 Å². The lowest BCUT2D eigenvalue weighted by atomic mass is 10.2. The van der Waals surface area contributed by atoms with Crippen LogP contribution in [0.3, 0.4) is 0 Å². The van der Waals surface area contributed by atoms with Gasteiger partial charge in [-0.3, -0.25) is 4.99 Å². The fourth-order valence-electron chi connectivity index (χ4n) is 1.79. The van der Waals surface area contributed by atoms with Gasteiger partial charge < -0.3 is 15.0 Å². The Morgan fingerprint density at radius 2 is 2.58 bits per heavy atom. The van der Waals surface area contributed by atoms with Crippen molar-refractivity contribution in [3.05, 3.63) is 35.7 Å². The van der Waals surface area contributed by atoms with Gasteiger partial charge in [0.05, 0.1) is 13.2 Å². The zero-order chi connectivity index (χ0) is 13.7. The standard InChI is InChI=1S/C13H14N4O2/c1-2-19-12(18)10(9-14)3-4-11-5-6-15-13-16-7-8-17(11)13/h3-6H,2,7-8H2,1H3,(H,15,16)/b10-3-,11-4+. The summed E-state index contributed by atoms with van der Waals surface area (Å²) < 4.78 is 4.79. The molecular formula is C13H14N4O2. The van der Waals surface area contributed by atoms with Gasteiger partial charge >= 0.3 is 5.97 Å². The van der Waals surface area contributed by atoms with Crippen LogP contribution in [0.1, 0.15) is 6.92 Å². The van der Waals surface area contributed by atoms with E-state index < -0.39 is 5.97 Å². The van der Waals surface area contributed by atoms with Crippen molar-refractivity contribution >= 4 is 11.9 Å². The molecule has 2 rings (SSSR count). The Labute approximate surface area is 111 Å². The molecule has 0 aliphatic carbocycles. The third kappa shape index (κ3) is 2.83. The van der Waals surface area contributed by atoms with Crippen molar-refractivity contribution in [1.29, 1.82) is 5.26 Å². The molecule has 2 heterocycles. The van der Waals surface area contributed by atoms with E-state index >= 15 is 0 Å². The predicted octanol–water partition coefficient (Wildman–Crippen LogP) is 0.672. The monoisotopic (exact) mass is 258 g/mol. The quantitative estimate of drug-likeness (QED) is 0.457. The van der Waals surface area contributed by atoms with Gasteiger partial charge in [-0.15, -0.1) is 0 Å². The van der Waals surface area contributed by atoms with Crippen molar-refractivity contribution in [3.8, 4) is 6.07 Å². The number of esters is 1. The normalized spacial score (nSPS) is 19.6. The van der Waals surface area contributed by atoms with Gasteiger partial charge in [0.15, 0.2) is 0 Å². The molecule has 0 fully saturated rings. The number of carbonyl (C=O) groups is 1. The molecule has 0 spiro atoms. The molecule has 6 nitrogen and oxygen atoms in total. The largest absolute Gasteiger partial charge is 0.462 e. The van der Waals surface area contributed by atoms with E-state index in [-0.39, 0.29) is 12.2 Å². The molecule has 0 unspecified atom stereocenters. The molecule has 0 amide bonds. The summed E-state index contributed by atoms with van der Waals surface area (Å²) in [5, 5.41) is 12.0. The van der Waals surface area contributed by atoms with Gasteiger partial charge in [0.25, 0.3) is 0 Å². The Balaban J connectivity index is 2.18. The SMILES string of the molecule is CCOC(=O)/C(C#N)=C\C=C1/C=CNC2=NCCN21. The van der Waals surface area contributed by atoms with E-state index in [4.69, 9.17) is 10.00 Å². The lowest BCUT2D eigenvalue weighted by Gasteiger charge is -2.24. The van der Waals surface area contributed by atoms with E-state index in [2.05, 4.69) is 10.3 Å². The number of nitrogens with one attached hydrogen (secondary N) is 1. The number of carbonyl (C=O) groups excluding carboxylic acids is 1. The van der Waals surface area contributed by atoms with Gasteiger partial charge in [-0.2, -0.15) is 5.26 Å². The summed E-state index contributed by atoms with van der Waals surface area (Å²) in [7, 11) is 0. The maximum Gasteiger partial charge on any atom is 0.348 e. The highest BCUT2D eigenvalue weighted by Gasteiger charge is 2.21. The molecule has 0 aromatic heterocycles. The minimum absolute atomic E-state index is 0.0148. The molecule has 0 aromatic carbocycles. The number of guanidine groups is 1. The van der Waals surface area contributed by atoms with Crippen LogP contribution >= 0.6 is 0 Å². The number of hydrogen-bond acceptors (Lipinski definition) is 6. The number of rotatable bonds is 3. The van der Waals surface area contributed by atoms with Crippen molar-refractivity contribution in [2.75, 3.05) is 19.7 Å². The second kappa shape index (κ2) is 5.87. The minimum atomic E-state index is -0.602. The second-order valence-corrected chi connectivity index (χ2v) is 3.84. The first-order valence-electron chi connectivity index (χ1n) is 6.00. The Morgan fingerprint density at radius 3 is 3.32 bits per heavy atom. The maximum absolute atomic E-state index is 11.5. The van der Waals surface area contributed by atoms with Crippen LogP contribution in [-0.2, 0) is 9.53 Å². The van der Waals surface area contributed by atoms with Crippen LogP contribution in [0.15, 0.2) is 40.7 Å². The van der Waals surface area contributed by atoms with E-state index in [1.807, 2.05) is 17.0 Å².